The van der Waals surface area contributed by atoms with Gasteiger partial charge in [-0.1, -0.05) is 25.0 Å². The summed E-state index contributed by atoms with van der Waals surface area (Å²) in [6.07, 6.45) is 3.78. The maximum Gasteiger partial charge on any atom is 0.256 e. The van der Waals surface area contributed by atoms with Crippen molar-refractivity contribution in [3.63, 3.8) is 0 Å². The summed E-state index contributed by atoms with van der Waals surface area (Å²) in [7, 11) is -3.60. The number of carbonyl (C=O) groups is 1. The van der Waals surface area contributed by atoms with Crippen LogP contribution in [0.15, 0.2) is 47.4 Å². The van der Waals surface area contributed by atoms with E-state index in [-0.39, 0.29) is 10.5 Å². The molecule has 1 amide bonds. The molecule has 1 fully saturated rings. The zero-order chi connectivity index (χ0) is 19.4. The molecule has 0 atom stereocenters. The van der Waals surface area contributed by atoms with Crippen LogP contribution in [-0.4, -0.2) is 31.7 Å². The number of benzene rings is 2. The van der Waals surface area contributed by atoms with Gasteiger partial charge in [0.2, 0.25) is 10.0 Å². The highest BCUT2D eigenvalue weighted by Gasteiger charge is 2.25. The number of amides is 1. The second kappa shape index (κ2) is 8.19. The highest BCUT2D eigenvalue weighted by atomic mass is 32.2. The van der Waals surface area contributed by atoms with Crippen LogP contribution in [-0.2, 0) is 10.0 Å². The molecule has 0 unspecified atom stereocenters. The van der Waals surface area contributed by atoms with Gasteiger partial charge in [-0.3, -0.25) is 4.79 Å². The van der Waals surface area contributed by atoms with E-state index in [4.69, 9.17) is 0 Å². The van der Waals surface area contributed by atoms with E-state index in [0.29, 0.717) is 24.3 Å². The number of anilines is 1. The lowest BCUT2D eigenvalue weighted by molar-refractivity contribution is 0.102. The van der Waals surface area contributed by atoms with Crippen molar-refractivity contribution in [2.24, 2.45) is 0 Å². The van der Waals surface area contributed by atoms with Crippen LogP contribution in [0.25, 0.3) is 0 Å². The van der Waals surface area contributed by atoms with E-state index in [9.17, 15) is 17.6 Å². The Kier molecular flexibility index (Phi) is 5.92. The van der Waals surface area contributed by atoms with Crippen molar-refractivity contribution in [2.45, 2.75) is 37.5 Å². The Morgan fingerprint density at radius 2 is 1.74 bits per heavy atom. The maximum atomic E-state index is 13.4. The highest BCUT2D eigenvalue weighted by molar-refractivity contribution is 7.89. The van der Waals surface area contributed by atoms with E-state index in [1.165, 1.54) is 34.6 Å². The van der Waals surface area contributed by atoms with Gasteiger partial charge >= 0.3 is 0 Å². The molecule has 1 aliphatic heterocycles. The number of nitrogens with zero attached hydrogens (tertiary/aromatic N) is 1. The molecule has 0 aliphatic carbocycles. The highest BCUT2D eigenvalue weighted by Crippen LogP contribution is 2.23. The van der Waals surface area contributed by atoms with Crippen LogP contribution in [0, 0.1) is 12.7 Å². The SMILES string of the molecule is Cc1ccc(F)cc1C(=O)Nc1cccc(S(=O)(=O)N2CCCCCC2)c1. The van der Waals surface area contributed by atoms with Crippen LogP contribution in [0.4, 0.5) is 10.1 Å². The number of hydrogen-bond acceptors (Lipinski definition) is 3. The predicted octanol–water partition coefficient (Wildman–Crippen LogP) is 3.95. The van der Waals surface area contributed by atoms with Crippen molar-refractivity contribution in [3.8, 4) is 0 Å². The number of hydrogen-bond donors (Lipinski definition) is 1. The number of halogens is 1. The molecule has 3 rings (SSSR count). The van der Waals surface area contributed by atoms with E-state index in [1.54, 1.807) is 19.1 Å². The first-order chi connectivity index (χ1) is 12.9. The fourth-order valence-corrected chi connectivity index (χ4v) is 4.77. The number of aryl methyl sites for hydroxylation is 1. The molecule has 1 saturated heterocycles. The second-order valence-electron chi connectivity index (χ2n) is 6.76. The first-order valence-electron chi connectivity index (χ1n) is 9.05. The van der Waals surface area contributed by atoms with Crippen molar-refractivity contribution >= 4 is 21.6 Å². The van der Waals surface area contributed by atoms with Gasteiger partial charge in [0.1, 0.15) is 5.82 Å². The molecule has 144 valence electrons. The molecule has 1 aliphatic rings. The summed E-state index contributed by atoms with van der Waals surface area (Å²) in [4.78, 5) is 12.6. The van der Waals surface area contributed by atoms with E-state index < -0.39 is 21.7 Å². The average molecular weight is 390 g/mol. The summed E-state index contributed by atoms with van der Waals surface area (Å²) in [6, 6.07) is 10.2. The largest absolute Gasteiger partial charge is 0.322 e. The monoisotopic (exact) mass is 390 g/mol. The van der Waals surface area contributed by atoms with Crippen LogP contribution in [0.2, 0.25) is 0 Å². The minimum Gasteiger partial charge on any atom is -0.322 e. The standard InChI is InChI=1S/C20H23FN2O3S/c1-15-9-10-16(21)13-19(15)20(24)22-17-7-6-8-18(14-17)27(25,26)23-11-4-2-3-5-12-23/h6-10,13-14H,2-5,11-12H2,1H3,(H,22,24). The first-order valence-corrected chi connectivity index (χ1v) is 10.5. The molecule has 0 radical (unpaired) electrons. The molecular formula is C20H23FN2O3S. The molecular weight excluding hydrogens is 367 g/mol. The lowest BCUT2D eigenvalue weighted by Crippen LogP contribution is -2.32. The molecule has 2 aromatic rings. The van der Waals surface area contributed by atoms with Crippen LogP contribution >= 0.6 is 0 Å². The fraction of sp³-hybridized carbons (Fsp3) is 0.350. The van der Waals surface area contributed by atoms with E-state index in [0.717, 1.165) is 25.7 Å². The number of sulfonamides is 1. The summed E-state index contributed by atoms with van der Waals surface area (Å²) < 4.78 is 40.8. The van der Waals surface area contributed by atoms with E-state index >= 15 is 0 Å². The zero-order valence-electron chi connectivity index (χ0n) is 15.2. The number of nitrogens with one attached hydrogen (secondary N) is 1. The van der Waals surface area contributed by atoms with Gasteiger partial charge in [-0.25, -0.2) is 12.8 Å². The Morgan fingerprint density at radius 3 is 2.44 bits per heavy atom. The summed E-state index contributed by atoms with van der Waals surface area (Å²) in [5, 5.41) is 2.67. The smallest absolute Gasteiger partial charge is 0.256 e. The van der Waals surface area contributed by atoms with Crippen molar-refractivity contribution in [2.75, 3.05) is 18.4 Å². The lowest BCUT2D eigenvalue weighted by atomic mass is 10.1. The summed E-state index contributed by atoms with van der Waals surface area (Å²) in [5.74, 6) is -0.973. The molecule has 1 N–H and O–H groups in total. The van der Waals surface area contributed by atoms with Gasteiger partial charge < -0.3 is 5.32 Å². The Hall–Kier alpha value is -2.25. The van der Waals surface area contributed by atoms with Gasteiger partial charge in [-0.15, -0.1) is 0 Å². The first kappa shape index (κ1) is 19.5. The molecule has 2 aromatic carbocycles. The molecule has 1 heterocycles. The van der Waals surface area contributed by atoms with Crippen LogP contribution in [0.5, 0.6) is 0 Å². The maximum absolute atomic E-state index is 13.4. The second-order valence-corrected chi connectivity index (χ2v) is 8.70. The minimum atomic E-state index is -3.60. The van der Waals surface area contributed by atoms with E-state index in [2.05, 4.69) is 5.32 Å². The van der Waals surface area contributed by atoms with Crippen molar-refractivity contribution in [3.05, 3.63) is 59.4 Å². The average Bonchev–Trinajstić information content (AvgIpc) is 2.94. The fourth-order valence-electron chi connectivity index (χ4n) is 3.20. The van der Waals surface area contributed by atoms with Gasteiger partial charge in [-0.05, 0) is 55.7 Å². The van der Waals surface area contributed by atoms with Gasteiger partial charge in [0.05, 0.1) is 4.90 Å². The normalized spacial score (nSPS) is 15.9. The molecule has 0 bridgehead atoms. The van der Waals surface area contributed by atoms with Crippen molar-refractivity contribution < 1.29 is 17.6 Å². The third-order valence-corrected chi connectivity index (χ3v) is 6.63. The third kappa shape index (κ3) is 4.54. The molecule has 0 aromatic heterocycles. The quantitative estimate of drug-likeness (QED) is 0.860. The van der Waals surface area contributed by atoms with Crippen LogP contribution in [0.3, 0.4) is 0 Å². The Balaban J connectivity index is 1.83. The zero-order valence-corrected chi connectivity index (χ0v) is 16.1. The Bertz CT molecular complexity index is 936. The molecule has 0 spiro atoms. The molecule has 0 saturated carbocycles. The van der Waals surface area contributed by atoms with Crippen LogP contribution < -0.4 is 5.32 Å². The molecule has 27 heavy (non-hydrogen) atoms. The summed E-state index contributed by atoms with van der Waals surface area (Å²) >= 11 is 0. The topological polar surface area (TPSA) is 66.5 Å². The predicted molar refractivity (Wildman–Crippen MR) is 103 cm³/mol. The van der Waals surface area contributed by atoms with Crippen molar-refractivity contribution in [1.29, 1.82) is 0 Å². The number of carbonyl (C=O) groups excluding carboxylic acids is 1. The van der Waals surface area contributed by atoms with Gasteiger partial charge in [0.15, 0.2) is 0 Å². The lowest BCUT2D eigenvalue weighted by Gasteiger charge is -2.20. The molecule has 5 nitrogen and oxygen atoms in total. The Morgan fingerprint density at radius 1 is 1.04 bits per heavy atom. The Labute approximate surface area is 159 Å². The van der Waals surface area contributed by atoms with Crippen molar-refractivity contribution in [1.82, 2.24) is 4.31 Å². The van der Waals surface area contributed by atoms with Gasteiger partial charge in [0.25, 0.3) is 5.91 Å². The third-order valence-electron chi connectivity index (χ3n) is 4.74. The minimum absolute atomic E-state index is 0.151. The molecule has 7 heteroatoms. The van der Waals surface area contributed by atoms with Gasteiger partial charge in [-0.2, -0.15) is 4.31 Å². The van der Waals surface area contributed by atoms with Crippen LogP contribution in [0.1, 0.15) is 41.6 Å². The van der Waals surface area contributed by atoms with E-state index in [1.807, 2.05) is 0 Å². The number of rotatable bonds is 4. The van der Waals surface area contributed by atoms with Gasteiger partial charge in [0, 0.05) is 24.3 Å². The summed E-state index contributed by atoms with van der Waals surface area (Å²) in [6.45, 7) is 2.75. The summed E-state index contributed by atoms with van der Waals surface area (Å²) in [5.41, 5.74) is 1.22.